The fraction of sp³-hybridized carbons (Fsp3) is 0. The van der Waals surface area contributed by atoms with Crippen LogP contribution >= 0.6 is 0 Å². The molecule has 0 spiro atoms. The summed E-state index contributed by atoms with van der Waals surface area (Å²) in [6, 6.07) is 2.36. The monoisotopic (exact) mass is 366 g/mol. The van der Waals surface area contributed by atoms with Crippen LogP contribution in [-0.4, -0.2) is 38.9 Å². The Bertz CT molecular complexity index is 781. The molecule has 0 fully saturated rings. The Balaban J connectivity index is 3.47. The lowest BCUT2D eigenvalue weighted by atomic mass is 10.3. The topological polar surface area (TPSA) is 191 Å². The third kappa shape index (κ3) is 6.56. The summed E-state index contributed by atoms with van der Waals surface area (Å²) in [5, 5.41) is 0. The first-order chi connectivity index (χ1) is 9.27. The summed E-state index contributed by atoms with van der Waals surface area (Å²) in [4.78, 5) is 0. The van der Waals surface area contributed by atoms with Crippen LogP contribution in [0.15, 0.2) is 18.2 Å². The van der Waals surface area contributed by atoms with E-state index in [0.717, 1.165) is 18.2 Å². The number of para-hydroxylation sites is 1. The van der Waals surface area contributed by atoms with Crippen molar-refractivity contribution >= 4 is 31.2 Å². The van der Waals surface area contributed by atoms with Crippen molar-refractivity contribution in [2.24, 2.45) is 0 Å². The maximum atomic E-state index is 10.6. The third-order valence-corrected chi connectivity index (χ3v) is 2.68. The zero-order chi connectivity index (χ0) is 16.5. The number of rotatable bonds is 6. The molecule has 0 heterocycles. The van der Waals surface area contributed by atoms with E-state index in [4.69, 9.17) is 13.7 Å². The predicted molar refractivity (Wildman–Crippen MR) is 63.0 cm³/mol. The lowest BCUT2D eigenvalue weighted by Gasteiger charge is -2.11. The smallest absolute Gasteiger partial charge is 0.358 e. The van der Waals surface area contributed by atoms with E-state index in [1.165, 1.54) is 0 Å². The second-order valence-corrected chi connectivity index (χ2v) is 6.18. The van der Waals surface area contributed by atoms with E-state index in [9.17, 15) is 25.3 Å². The Morgan fingerprint density at radius 3 is 1.29 bits per heavy atom. The molecule has 0 saturated carbocycles. The normalized spacial score (nSPS) is 12.7. The quantitative estimate of drug-likeness (QED) is 0.533. The van der Waals surface area contributed by atoms with Gasteiger partial charge >= 0.3 is 31.2 Å². The van der Waals surface area contributed by atoms with Gasteiger partial charge < -0.3 is 12.5 Å². The fourth-order valence-corrected chi connectivity index (χ4v) is 2.13. The van der Waals surface area contributed by atoms with Gasteiger partial charge in [-0.15, -0.1) is 0 Å². The largest absolute Gasteiger partial charge is 0.446 e. The van der Waals surface area contributed by atoms with E-state index >= 15 is 0 Å². The van der Waals surface area contributed by atoms with Crippen LogP contribution in [0.4, 0.5) is 0 Å². The van der Waals surface area contributed by atoms with Crippen molar-refractivity contribution in [3.8, 4) is 17.2 Å². The number of benzene rings is 1. The molecule has 21 heavy (non-hydrogen) atoms. The molecule has 0 radical (unpaired) electrons. The molecule has 1 aromatic carbocycles. The molecule has 0 aromatic heterocycles. The Kier molecular flexibility index (Phi) is 4.66. The minimum Gasteiger partial charge on any atom is -0.358 e. The first-order valence-corrected chi connectivity index (χ1v) is 8.50. The van der Waals surface area contributed by atoms with Crippen LogP contribution < -0.4 is 12.5 Å². The van der Waals surface area contributed by atoms with Crippen molar-refractivity contribution in [2.75, 3.05) is 0 Å². The van der Waals surface area contributed by atoms with E-state index in [2.05, 4.69) is 12.5 Å². The van der Waals surface area contributed by atoms with Crippen LogP contribution in [0.3, 0.4) is 0 Å². The van der Waals surface area contributed by atoms with Gasteiger partial charge in [0.1, 0.15) is 0 Å². The van der Waals surface area contributed by atoms with Crippen molar-refractivity contribution in [1.29, 1.82) is 0 Å². The minimum atomic E-state index is -5.25. The summed E-state index contributed by atoms with van der Waals surface area (Å²) in [5.41, 5.74) is 0. The molecular weight excluding hydrogens is 360 g/mol. The van der Waals surface area contributed by atoms with E-state index < -0.39 is 48.4 Å². The average Bonchev–Trinajstić information content (AvgIpc) is 2.16. The maximum Gasteiger partial charge on any atom is 0.446 e. The molecule has 3 N–H and O–H groups in total. The minimum absolute atomic E-state index is 0.727. The van der Waals surface area contributed by atoms with Crippen molar-refractivity contribution in [2.45, 2.75) is 0 Å². The van der Waals surface area contributed by atoms with Gasteiger partial charge in [0, 0.05) is 0 Å². The summed E-state index contributed by atoms with van der Waals surface area (Å²) in [5.74, 6) is -3.34. The number of hydrogen-bond acceptors (Lipinski definition) is 9. The van der Waals surface area contributed by atoms with Crippen molar-refractivity contribution in [3.63, 3.8) is 0 Å². The lowest BCUT2D eigenvalue weighted by molar-refractivity contribution is 0.347. The molecule has 0 amide bonds. The maximum absolute atomic E-state index is 10.6. The molecule has 12 nitrogen and oxygen atoms in total. The summed E-state index contributed by atoms with van der Waals surface area (Å²) < 4.78 is 101. The van der Waals surface area contributed by atoms with Crippen LogP contribution in [0.1, 0.15) is 0 Å². The lowest BCUT2D eigenvalue weighted by Crippen LogP contribution is -2.14. The first kappa shape index (κ1) is 17.4. The van der Waals surface area contributed by atoms with Crippen LogP contribution in [0.5, 0.6) is 17.2 Å². The molecule has 0 aliphatic rings. The van der Waals surface area contributed by atoms with E-state index in [0.29, 0.717) is 0 Å². The summed E-state index contributed by atoms with van der Waals surface area (Å²) in [6.45, 7) is 0. The molecule has 0 aliphatic heterocycles. The zero-order valence-corrected chi connectivity index (χ0v) is 11.9. The molecular formula is C6H6O12S3. The van der Waals surface area contributed by atoms with Gasteiger partial charge in [-0.3, -0.25) is 13.7 Å². The molecule has 0 unspecified atom stereocenters. The Morgan fingerprint density at radius 1 is 0.667 bits per heavy atom. The van der Waals surface area contributed by atoms with Crippen molar-refractivity contribution in [3.05, 3.63) is 18.2 Å². The summed E-state index contributed by atoms with van der Waals surface area (Å²) >= 11 is 0. The van der Waals surface area contributed by atoms with Gasteiger partial charge in [-0.2, -0.15) is 25.3 Å². The third-order valence-electron chi connectivity index (χ3n) is 1.52. The predicted octanol–water partition coefficient (Wildman–Crippen LogP) is -0.769. The second kappa shape index (κ2) is 5.62. The molecule has 0 bridgehead atoms. The highest BCUT2D eigenvalue weighted by atomic mass is 32.3. The highest BCUT2D eigenvalue weighted by molar-refractivity contribution is 7.81. The fourth-order valence-electron chi connectivity index (χ4n) is 1.04. The molecule has 15 heteroatoms. The SMILES string of the molecule is O=S(=O)(O)Oc1cccc(OS(=O)(=O)O)c1OS(=O)(=O)O. The highest BCUT2D eigenvalue weighted by Crippen LogP contribution is 2.39. The van der Waals surface area contributed by atoms with Crippen LogP contribution in [-0.2, 0) is 31.2 Å². The molecule has 0 saturated heterocycles. The molecule has 1 aromatic rings. The van der Waals surface area contributed by atoms with E-state index in [1.54, 1.807) is 0 Å². The van der Waals surface area contributed by atoms with Crippen molar-refractivity contribution < 1.29 is 51.5 Å². The van der Waals surface area contributed by atoms with Gasteiger partial charge in [-0.05, 0) is 12.1 Å². The van der Waals surface area contributed by atoms with Gasteiger partial charge in [-0.1, -0.05) is 6.07 Å². The molecule has 120 valence electrons. The average molecular weight is 366 g/mol. The van der Waals surface area contributed by atoms with Crippen LogP contribution in [0, 0.1) is 0 Å². The van der Waals surface area contributed by atoms with Gasteiger partial charge in [0.15, 0.2) is 11.5 Å². The zero-order valence-electron chi connectivity index (χ0n) is 9.47. The molecule has 1 rings (SSSR count). The second-order valence-electron chi connectivity index (χ2n) is 3.12. The van der Waals surface area contributed by atoms with Gasteiger partial charge in [0.05, 0.1) is 0 Å². The Morgan fingerprint density at radius 2 is 1.00 bits per heavy atom. The summed E-state index contributed by atoms with van der Waals surface area (Å²) in [6.07, 6.45) is 0. The Hall–Kier alpha value is -1.65. The number of hydrogen-bond donors (Lipinski definition) is 3. The highest BCUT2D eigenvalue weighted by Gasteiger charge is 2.24. The van der Waals surface area contributed by atoms with Gasteiger partial charge in [-0.25, -0.2) is 0 Å². The Labute approximate surface area is 118 Å². The van der Waals surface area contributed by atoms with Crippen LogP contribution in [0.2, 0.25) is 0 Å². The van der Waals surface area contributed by atoms with E-state index in [1.807, 2.05) is 0 Å². The molecule has 0 aliphatic carbocycles. The molecule has 0 atom stereocenters. The standard InChI is InChI=1S/C6H6O12S3/c7-19(8,9)16-4-2-1-3-5(17-20(10,11)12)6(4)18-21(13,14)15/h1-3H,(H,7,8,9)(H,10,11,12)(H,13,14,15). The van der Waals surface area contributed by atoms with Gasteiger partial charge in [0.25, 0.3) is 0 Å². The summed E-state index contributed by atoms with van der Waals surface area (Å²) in [7, 11) is -15.5. The first-order valence-electron chi connectivity index (χ1n) is 4.40. The van der Waals surface area contributed by atoms with Gasteiger partial charge in [0.2, 0.25) is 5.75 Å². The van der Waals surface area contributed by atoms with Crippen molar-refractivity contribution in [1.82, 2.24) is 0 Å². The van der Waals surface area contributed by atoms with E-state index in [-0.39, 0.29) is 0 Å². The van der Waals surface area contributed by atoms with Crippen LogP contribution in [0.25, 0.3) is 0 Å².